The van der Waals surface area contributed by atoms with Crippen molar-refractivity contribution in [2.24, 2.45) is 0 Å². The quantitative estimate of drug-likeness (QED) is 0.514. The first-order chi connectivity index (χ1) is 5.18. The van der Waals surface area contributed by atoms with Crippen LogP contribution in [0.1, 0.15) is 20.8 Å². The van der Waals surface area contributed by atoms with Crippen LogP contribution in [-0.2, 0) is 18.1 Å². The first-order valence-electron chi connectivity index (χ1n) is 3.72. The molecule has 12 heavy (non-hydrogen) atoms. The van der Waals surface area contributed by atoms with Gasteiger partial charge in [-0.05, 0) is 20.8 Å². The summed E-state index contributed by atoms with van der Waals surface area (Å²) in [5.41, 5.74) is 0. The maximum Gasteiger partial charge on any atom is 0.474 e. The smallest absolute Gasteiger partial charge is 0.287 e. The van der Waals surface area contributed by atoms with E-state index in [4.69, 9.17) is 13.6 Å². The van der Waals surface area contributed by atoms with Crippen LogP contribution in [0.15, 0.2) is 0 Å². The number of phosphoric acid groups is 1. The largest absolute Gasteiger partial charge is 0.474 e. The Bertz CT molecular complexity index is 118. The molecule has 4 nitrogen and oxygen atoms in total. The summed E-state index contributed by atoms with van der Waals surface area (Å²) in [5, 5.41) is 0. The molecule has 0 aromatic carbocycles. The van der Waals surface area contributed by atoms with Gasteiger partial charge >= 0.3 is 7.82 Å². The molecule has 0 aromatic heterocycles. The number of rotatable bonds is 6. The Morgan fingerprint density at radius 2 is 1.17 bits per heavy atom. The summed E-state index contributed by atoms with van der Waals surface area (Å²) in [5.74, 6) is 0. The van der Waals surface area contributed by atoms with E-state index >= 15 is 0 Å². The third kappa shape index (κ3) is 6.54. The predicted molar refractivity (Wildman–Crippen MR) is 48.2 cm³/mol. The minimum atomic E-state index is -3.22. The van der Waals surface area contributed by atoms with Crippen molar-refractivity contribution in [2.75, 3.05) is 19.8 Å². The van der Waals surface area contributed by atoms with E-state index in [1.54, 1.807) is 20.8 Å². The summed E-state index contributed by atoms with van der Waals surface area (Å²) in [4.78, 5) is 0. The summed E-state index contributed by atoms with van der Waals surface area (Å²) in [6.07, 6.45) is 0. The van der Waals surface area contributed by atoms with E-state index in [-0.39, 0.29) is 27.3 Å². The number of hydrogen-bond acceptors (Lipinski definition) is 4. The normalized spacial score (nSPS) is 10.9. The Hall–Kier alpha value is 1.03. The van der Waals surface area contributed by atoms with Gasteiger partial charge in [0.15, 0.2) is 0 Å². The molecule has 0 aliphatic rings. The van der Waals surface area contributed by atoms with E-state index in [0.29, 0.717) is 19.8 Å². The molecule has 0 aliphatic heterocycles. The van der Waals surface area contributed by atoms with Gasteiger partial charge in [0.05, 0.1) is 19.8 Å². The molecule has 0 bridgehead atoms. The zero-order chi connectivity index (χ0) is 8.74. The van der Waals surface area contributed by atoms with Gasteiger partial charge in [0.2, 0.25) is 0 Å². The van der Waals surface area contributed by atoms with Gasteiger partial charge in [0.25, 0.3) is 0 Å². The average Bonchev–Trinajstić information content (AvgIpc) is 1.88. The third-order valence-electron chi connectivity index (χ3n) is 0.862. The van der Waals surface area contributed by atoms with Crippen LogP contribution in [0.4, 0.5) is 0 Å². The van der Waals surface area contributed by atoms with E-state index in [2.05, 4.69) is 0 Å². The van der Waals surface area contributed by atoms with Crippen molar-refractivity contribution in [1.82, 2.24) is 0 Å². The van der Waals surface area contributed by atoms with E-state index in [1.165, 1.54) is 0 Å². The van der Waals surface area contributed by atoms with Crippen LogP contribution in [0.5, 0.6) is 0 Å². The molecule has 0 rings (SSSR count). The van der Waals surface area contributed by atoms with Crippen LogP contribution in [0, 0.1) is 0 Å². The fraction of sp³-hybridized carbons (Fsp3) is 1.00. The zero-order valence-electron chi connectivity index (χ0n) is 7.70. The monoisotopic (exact) mass is 390 g/mol. The van der Waals surface area contributed by atoms with Crippen LogP contribution >= 0.6 is 7.82 Å². The minimum absolute atomic E-state index is 0. The predicted octanol–water partition coefficient (Wildman–Crippen LogP) is 1.82. The molecule has 6 heteroatoms. The van der Waals surface area contributed by atoms with Gasteiger partial charge in [-0.3, -0.25) is 13.6 Å². The van der Waals surface area contributed by atoms with E-state index < -0.39 is 7.82 Å². The van der Waals surface area contributed by atoms with Crippen molar-refractivity contribution in [1.29, 1.82) is 0 Å². The van der Waals surface area contributed by atoms with Crippen molar-refractivity contribution in [3.8, 4) is 0 Å². The van der Waals surface area contributed by atoms with Crippen molar-refractivity contribution < 1.29 is 18.1 Å². The van der Waals surface area contributed by atoms with E-state index in [0.717, 1.165) is 0 Å². The van der Waals surface area contributed by atoms with Crippen LogP contribution in [0.3, 0.4) is 0 Å². The SMILES string of the molecule is CCOP(=O)(OCC)OCC.[Pb]. The van der Waals surface area contributed by atoms with Gasteiger partial charge in [0.1, 0.15) is 0 Å². The van der Waals surface area contributed by atoms with Crippen LogP contribution in [0.2, 0.25) is 0 Å². The topological polar surface area (TPSA) is 44.8 Å². The number of hydrogen-bond donors (Lipinski definition) is 0. The molecule has 0 atom stereocenters. The number of phosphoric ester groups is 1. The molecule has 4 radical (unpaired) electrons. The molecule has 72 valence electrons. The van der Waals surface area contributed by atoms with Gasteiger partial charge < -0.3 is 0 Å². The molecule has 0 fully saturated rings. The molecule has 0 unspecified atom stereocenters. The zero-order valence-corrected chi connectivity index (χ0v) is 12.5. The van der Waals surface area contributed by atoms with Crippen LogP contribution in [-0.4, -0.2) is 47.1 Å². The van der Waals surface area contributed by atoms with E-state index in [1.807, 2.05) is 0 Å². The van der Waals surface area contributed by atoms with Crippen LogP contribution in [0.25, 0.3) is 0 Å². The van der Waals surface area contributed by atoms with Crippen molar-refractivity contribution in [2.45, 2.75) is 20.8 Å². The summed E-state index contributed by atoms with van der Waals surface area (Å²) in [6.45, 7) is 6.21. The second kappa shape index (κ2) is 8.62. The minimum Gasteiger partial charge on any atom is -0.287 e. The summed E-state index contributed by atoms with van der Waals surface area (Å²) >= 11 is 0. The van der Waals surface area contributed by atoms with Gasteiger partial charge in [-0.15, -0.1) is 0 Å². The van der Waals surface area contributed by atoms with Gasteiger partial charge in [-0.2, -0.15) is 0 Å². The van der Waals surface area contributed by atoms with Crippen molar-refractivity contribution >= 4 is 35.1 Å². The maximum absolute atomic E-state index is 11.3. The molecule has 0 aliphatic carbocycles. The average molecular weight is 389 g/mol. The molecule has 0 spiro atoms. The second-order valence-corrected chi connectivity index (χ2v) is 3.37. The van der Waals surface area contributed by atoms with Crippen molar-refractivity contribution in [3.05, 3.63) is 0 Å². The van der Waals surface area contributed by atoms with Gasteiger partial charge in [-0.25, -0.2) is 4.57 Å². The first kappa shape index (κ1) is 15.5. The van der Waals surface area contributed by atoms with Gasteiger partial charge in [0, 0.05) is 27.3 Å². The Morgan fingerprint density at radius 3 is 1.33 bits per heavy atom. The Morgan fingerprint density at radius 1 is 0.917 bits per heavy atom. The summed E-state index contributed by atoms with van der Waals surface area (Å²) < 4.78 is 25.8. The molecule has 0 saturated heterocycles. The van der Waals surface area contributed by atoms with E-state index in [9.17, 15) is 4.57 Å². The molecule has 0 N–H and O–H groups in total. The molecular formula is C6H15O4PPb. The first-order valence-corrected chi connectivity index (χ1v) is 5.18. The standard InChI is InChI=1S/C6H15O4P.Pb/c1-4-8-11(7,9-5-2)10-6-3;/h4-6H2,1-3H3;. The van der Waals surface area contributed by atoms with Crippen LogP contribution < -0.4 is 0 Å². The second-order valence-electron chi connectivity index (χ2n) is 1.70. The molecule has 0 saturated carbocycles. The summed E-state index contributed by atoms with van der Waals surface area (Å²) in [6, 6.07) is 0. The summed E-state index contributed by atoms with van der Waals surface area (Å²) in [7, 11) is -3.22. The fourth-order valence-corrected chi connectivity index (χ4v) is 1.76. The molecule has 0 aromatic rings. The Balaban J connectivity index is 0. The Kier molecular flexibility index (Phi) is 11.1. The molecule has 0 amide bonds. The molecular weight excluding hydrogens is 374 g/mol. The van der Waals surface area contributed by atoms with Gasteiger partial charge in [-0.1, -0.05) is 0 Å². The molecule has 0 heterocycles. The third-order valence-corrected chi connectivity index (χ3v) is 2.58. The fourth-order valence-electron chi connectivity index (χ4n) is 0.586. The maximum atomic E-state index is 11.3. The Labute approximate surface area is 93.7 Å². The van der Waals surface area contributed by atoms with Crippen molar-refractivity contribution in [3.63, 3.8) is 0 Å².